The van der Waals surface area contributed by atoms with E-state index >= 15 is 0 Å². The van der Waals surface area contributed by atoms with Crippen LogP contribution < -0.4 is 42.5 Å². The second-order valence-corrected chi connectivity index (χ2v) is 20.5. The van der Waals surface area contributed by atoms with Gasteiger partial charge in [0.05, 0.1) is 24.2 Å². The first-order valence-corrected chi connectivity index (χ1v) is 23.7. The fourth-order valence-corrected chi connectivity index (χ4v) is 8.40. The lowest BCUT2D eigenvalue weighted by Gasteiger charge is -2.41. The van der Waals surface area contributed by atoms with Gasteiger partial charge in [-0.1, -0.05) is 65.8 Å². The van der Waals surface area contributed by atoms with Crippen LogP contribution in [0.4, 0.5) is 8.78 Å². The topological polar surface area (TPSA) is 271 Å². The normalized spacial score (nSPS) is 20.5. The molecule has 2 fully saturated rings. The molecule has 0 aliphatic carbocycles. The Kier molecular flexibility index (Phi) is 18.6. The molecule has 10 N–H and O–H groups in total. The number of aromatic nitrogens is 2. The number of carbonyl (C=O) groups excluding carboxylic acids is 7. The summed E-state index contributed by atoms with van der Waals surface area (Å²) >= 11 is 0. The van der Waals surface area contributed by atoms with Crippen molar-refractivity contribution in [2.75, 3.05) is 27.2 Å². The highest BCUT2D eigenvalue weighted by molar-refractivity contribution is 5.98. The van der Waals surface area contributed by atoms with Crippen LogP contribution in [-0.4, -0.2) is 148 Å². The maximum absolute atomic E-state index is 14.4. The van der Waals surface area contributed by atoms with Crippen LogP contribution in [0.5, 0.6) is 0 Å². The molecular weight excluding hydrogens is 923 g/mol. The van der Waals surface area contributed by atoms with Gasteiger partial charge in [0.1, 0.15) is 35.6 Å². The molecule has 0 bridgehead atoms. The lowest BCUT2D eigenvalue weighted by molar-refractivity contribution is -0.144. The number of rotatable bonds is 19. The van der Waals surface area contributed by atoms with Gasteiger partial charge in [-0.2, -0.15) is 5.10 Å². The third kappa shape index (κ3) is 14.6. The summed E-state index contributed by atoms with van der Waals surface area (Å²) in [6.07, 6.45) is -1.36. The second kappa shape index (κ2) is 23.7. The van der Waals surface area contributed by atoms with Crippen LogP contribution in [0.25, 0.3) is 0 Å². The zero-order valence-electron chi connectivity index (χ0n) is 42.0. The minimum atomic E-state index is -1.39. The number of carbonyl (C=O) groups is 7. The Morgan fingerprint density at radius 3 is 1.69 bits per heavy atom. The molecule has 0 spiro atoms. The van der Waals surface area contributed by atoms with Crippen molar-refractivity contribution in [3.05, 3.63) is 88.7 Å². The number of hydrogen-bond donors (Lipinski definition) is 10. The summed E-state index contributed by atoms with van der Waals surface area (Å²) < 4.78 is 27.2. The molecule has 71 heavy (non-hydrogen) atoms. The smallest absolute Gasteiger partial charge is 0.272 e. The predicted molar refractivity (Wildman–Crippen MR) is 259 cm³/mol. The average molecular weight is 993 g/mol. The number of benzene rings is 2. The Labute approximate surface area is 413 Å². The Hall–Kier alpha value is -6.36. The molecule has 0 radical (unpaired) electrons. The first kappa shape index (κ1) is 55.6. The van der Waals surface area contributed by atoms with Crippen LogP contribution in [0, 0.1) is 22.5 Å². The lowest BCUT2D eigenvalue weighted by Crippen LogP contribution is -2.61. The van der Waals surface area contributed by atoms with Crippen LogP contribution >= 0.6 is 0 Å². The van der Waals surface area contributed by atoms with Gasteiger partial charge in [0, 0.05) is 44.3 Å². The minimum absolute atomic E-state index is 0.0147. The molecule has 22 heteroatoms. The average Bonchev–Trinajstić information content (AvgIpc) is 4.10. The van der Waals surface area contributed by atoms with Gasteiger partial charge in [0.2, 0.25) is 29.5 Å². The molecule has 2 aliphatic heterocycles. The van der Waals surface area contributed by atoms with Crippen molar-refractivity contribution >= 4 is 41.4 Å². The van der Waals surface area contributed by atoms with Crippen LogP contribution in [0.15, 0.2) is 54.6 Å². The van der Waals surface area contributed by atoms with E-state index in [1.54, 1.807) is 48.7 Å². The SMILES string of the molecule is CN[C@@H](C)C(=O)N[C@H](C(=O)N1C[C@@H](NC(=O)c2cc(C(=O)N[C@H]3C[C@@H](C(=O)NCc4ccc(F)cc4)N(C(O)[C@@H](NC(=O)[C@H](C)NC)C(C)(C)C)C3)[nH]n2)C[C@H]1C(=O)NCc1ccc(F)cc1)C(C)(C)C. The molecule has 3 aromatic rings. The van der Waals surface area contributed by atoms with E-state index in [4.69, 9.17) is 0 Å². The third-order valence-electron chi connectivity index (χ3n) is 12.9. The van der Waals surface area contributed by atoms with E-state index in [1.807, 2.05) is 20.8 Å². The van der Waals surface area contributed by atoms with Crippen LogP contribution in [0.1, 0.15) is 100 Å². The van der Waals surface area contributed by atoms with E-state index in [1.165, 1.54) is 64.4 Å². The number of amides is 7. The number of likely N-dealkylation sites (tertiary alicyclic amines) is 2. The summed E-state index contributed by atoms with van der Waals surface area (Å²) in [7, 11) is 3.24. The van der Waals surface area contributed by atoms with Crippen LogP contribution in [-0.2, 0) is 37.1 Å². The number of aliphatic hydroxyl groups is 1. The summed E-state index contributed by atoms with van der Waals surface area (Å²) in [6, 6.07) is 5.68. The molecule has 2 aromatic carbocycles. The second-order valence-electron chi connectivity index (χ2n) is 20.5. The molecule has 2 saturated heterocycles. The summed E-state index contributed by atoms with van der Waals surface area (Å²) in [5.74, 6) is -4.63. The van der Waals surface area contributed by atoms with Crippen molar-refractivity contribution in [2.24, 2.45) is 10.8 Å². The number of aromatic amines is 1. The number of halogens is 2. The van der Waals surface area contributed by atoms with Gasteiger partial charge in [-0.25, -0.2) is 8.78 Å². The molecule has 388 valence electrons. The van der Waals surface area contributed by atoms with E-state index in [0.717, 1.165) is 0 Å². The van der Waals surface area contributed by atoms with Crippen molar-refractivity contribution in [1.29, 1.82) is 0 Å². The third-order valence-corrected chi connectivity index (χ3v) is 12.9. The summed E-state index contributed by atoms with van der Waals surface area (Å²) in [5, 5.41) is 41.4. The number of aliphatic hydroxyl groups excluding tert-OH is 1. The van der Waals surface area contributed by atoms with Crippen molar-refractivity contribution in [3.8, 4) is 0 Å². The first-order chi connectivity index (χ1) is 33.3. The molecule has 9 atom stereocenters. The number of hydrogen-bond acceptors (Lipinski definition) is 12. The van der Waals surface area contributed by atoms with Gasteiger partial charge in [0.15, 0.2) is 5.69 Å². The molecule has 20 nitrogen and oxygen atoms in total. The van der Waals surface area contributed by atoms with E-state index in [2.05, 4.69) is 52.7 Å². The Morgan fingerprint density at radius 1 is 0.704 bits per heavy atom. The zero-order chi connectivity index (χ0) is 52.5. The summed E-state index contributed by atoms with van der Waals surface area (Å²) in [6.45, 7) is 14.1. The van der Waals surface area contributed by atoms with Gasteiger partial charge < -0.3 is 52.5 Å². The molecule has 7 amide bonds. The molecule has 1 unspecified atom stereocenters. The number of nitrogens with zero attached hydrogens (tertiary/aromatic N) is 3. The van der Waals surface area contributed by atoms with Crippen molar-refractivity contribution in [1.82, 2.24) is 62.5 Å². The first-order valence-electron chi connectivity index (χ1n) is 23.7. The quantitative estimate of drug-likeness (QED) is 0.0800. The predicted octanol–water partition coefficient (Wildman–Crippen LogP) is 0.789. The molecule has 2 aliphatic rings. The van der Waals surface area contributed by atoms with Crippen LogP contribution in [0.2, 0.25) is 0 Å². The Bertz CT molecular complexity index is 2370. The van der Waals surface area contributed by atoms with Crippen molar-refractivity contribution < 1.29 is 47.4 Å². The van der Waals surface area contributed by atoms with Gasteiger partial charge in [-0.3, -0.25) is 43.6 Å². The Morgan fingerprint density at radius 2 is 1.18 bits per heavy atom. The highest BCUT2D eigenvalue weighted by atomic mass is 19.1. The van der Waals surface area contributed by atoms with Crippen molar-refractivity contribution in [2.45, 2.75) is 136 Å². The highest BCUT2D eigenvalue weighted by Gasteiger charge is 2.47. The van der Waals surface area contributed by atoms with E-state index in [-0.39, 0.29) is 56.3 Å². The maximum atomic E-state index is 14.4. The van der Waals surface area contributed by atoms with Gasteiger partial charge >= 0.3 is 0 Å². The maximum Gasteiger partial charge on any atom is 0.272 e. The molecule has 1 aromatic heterocycles. The molecule has 3 heterocycles. The Balaban J connectivity index is 1.31. The van der Waals surface area contributed by atoms with E-state index in [9.17, 15) is 47.4 Å². The molecule has 0 saturated carbocycles. The molecular formula is C49H70F2N12O8. The number of nitrogens with one attached hydrogen (secondary N) is 9. The van der Waals surface area contributed by atoms with Crippen molar-refractivity contribution in [3.63, 3.8) is 0 Å². The minimum Gasteiger partial charge on any atom is -0.376 e. The van der Waals surface area contributed by atoms with Gasteiger partial charge in [0.25, 0.3) is 11.8 Å². The lowest BCUT2D eigenvalue weighted by atomic mass is 9.84. The van der Waals surface area contributed by atoms with Gasteiger partial charge in [-0.05, 0) is 87.0 Å². The standard InChI is InChI=1S/C49H70F2N12O8/c1-26(52-9)40(64)58-38(48(3,4)5)46(70)62-24-32(19-36(62)44(68)54-22-28-11-15-30(50)16-12-28)56-42(66)34-21-35(61-60-34)43(67)57-33-20-37(45(69)55-23-29-13-17-31(51)18-14-29)63(25-33)47(71)39(49(6,7)8)59-41(65)27(2)53-10/h11-18,21,26-27,32-33,36-39,46,52-53,70H,19-20,22-25H2,1-10H3,(H,54,68)(H,55,69)(H,56,66)(H,57,67)(H,58,64)(H,59,65)(H,60,61)/t26-,27-,32-,33-,36-,37-,38+,39+,46?/m0/s1. The fourth-order valence-electron chi connectivity index (χ4n) is 8.40. The zero-order valence-corrected chi connectivity index (χ0v) is 42.0. The van der Waals surface area contributed by atoms with E-state index in [0.29, 0.717) is 11.1 Å². The van der Waals surface area contributed by atoms with E-state index < -0.39 is 112 Å². The monoisotopic (exact) mass is 993 g/mol. The fraction of sp³-hybridized carbons (Fsp3) is 0.551. The van der Waals surface area contributed by atoms with Crippen LogP contribution in [0.3, 0.4) is 0 Å². The largest absolute Gasteiger partial charge is 0.376 e. The van der Waals surface area contributed by atoms with Gasteiger partial charge in [-0.15, -0.1) is 0 Å². The number of H-pyrrole nitrogens is 1. The highest BCUT2D eigenvalue weighted by Crippen LogP contribution is 2.30. The number of likely N-dealkylation sites (N-methyl/N-ethyl adjacent to an activating group) is 2. The summed E-state index contributed by atoms with van der Waals surface area (Å²) in [5.41, 5.74) is -0.538. The summed E-state index contributed by atoms with van der Waals surface area (Å²) in [4.78, 5) is 98.6. The molecule has 5 rings (SSSR count).